The maximum absolute atomic E-state index is 12.2. The number of aliphatic carboxylic acids is 1. The van der Waals surface area contributed by atoms with Crippen molar-refractivity contribution < 1.29 is 19.1 Å². The van der Waals surface area contributed by atoms with Crippen LogP contribution in [0.25, 0.3) is 23.9 Å². The minimum Gasteiger partial charge on any atom is -0.497 e. The zero-order valence-electron chi connectivity index (χ0n) is 15.4. The largest absolute Gasteiger partial charge is 0.497 e. The lowest BCUT2D eigenvalue weighted by Crippen LogP contribution is -2.21. The standard InChI is InChI=1S/C22H16N2O5/c1-28-16-7-8-17-15(11-16)12-18(23-17)21-24-19(22(27)29-21)10-14-4-2-13(3-5-14)6-9-20(25)26/h2-12,24H,1H3,(H,25,26)/b9-6+,19-10+,21-18?. The van der Waals surface area contributed by atoms with Gasteiger partial charge in [0.25, 0.3) is 0 Å². The summed E-state index contributed by atoms with van der Waals surface area (Å²) in [7, 11) is 1.60. The molecule has 1 aliphatic rings. The molecule has 144 valence electrons. The molecule has 0 aliphatic carbocycles. The maximum atomic E-state index is 12.2. The fraction of sp³-hybridized carbons (Fsp3) is 0.0455. The number of benzene rings is 2. The van der Waals surface area contributed by atoms with Crippen molar-refractivity contribution in [1.82, 2.24) is 4.98 Å². The summed E-state index contributed by atoms with van der Waals surface area (Å²) in [6.07, 6.45) is 6.04. The molecule has 0 spiro atoms. The van der Waals surface area contributed by atoms with Gasteiger partial charge in [0.15, 0.2) is 0 Å². The first-order valence-electron chi connectivity index (χ1n) is 8.72. The lowest BCUT2D eigenvalue weighted by molar-refractivity contribution is -0.131. The number of oxazole rings is 1. The summed E-state index contributed by atoms with van der Waals surface area (Å²) < 4.78 is 10.6. The van der Waals surface area contributed by atoms with Gasteiger partial charge in [-0.2, -0.15) is 0 Å². The molecule has 29 heavy (non-hydrogen) atoms. The zero-order chi connectivity index (χ0) is 20.4. The van der Waals surface area contributed by atoms with E-state index in [-0.39, 0.29) is 5.55 Å². The molecule has 0 atom stereocenters. The smallest absolute Gasteiger partial charge is 0.361 e. The van der Waals surface area contributed by atoms with Crippen molar-refractivity contribution in [2.24, 2.45) is 4.99 Å². The third-order valence-electron chi connectivity index (χ3n) is 4.33. The Balaban J connectivity index is 1.72. The first kappa shape index (κ1) is 18.2. The van der Waals surface area contributed by atoms with Crippen molar-refractivity contribution in [3.63, 3.8) is 0 Å². The Morgan fingerprint density at radius 2 is 1.93 bits per heavy atom. The average molecular weight is 388 g/mol. The van der Waals surface area contributed by atoms with Crippen molar-refractivity contribution in [3.8, 4) is 5.75 Å². The van der Waals surface area contributed by atoms with Gasteiger partial charge in [-0.25, -0.2) is 14.6 Å². The van der Waals surface area contributed by atoms with Crippen LogP contribution < -0.4 is 31.8 Å². The van der Waals surface area contributed by atoms with Gasteiger partial charge in [0.05, 0.1) is 12.5 Å². The number of carboxylic acids is 1. The Kier molecular flexibility index (Phi) is 4.70. The van der Waals surface area contributed by atoms with Gasteiger partial charge in [-0.15, -0.1) is 0 Å². The molecule has 0 fully saturated rings. The highest BCUT2D eigenvalue weighted by molar-refractivity contribution is 5.85. The van der Waals surface area contributed by atoms with Crippen molar-refractivity contribution in [2.75, 3.05) is 7.11 Å². The molecule has 7 nitrogen and oxygen atoms in total. The fourth-order valence-corrected chi connectivity index (χ4v) is 2.90. The van der Waals surface area contributed by atoms with Crippen molar-refractivity contribution >= 4 is 29.9 Å². The predicted molar refractivity (Wildman–Crippen MR) is 107 cm³/mol. The lowest BCUT2D eigenvalue weighted by atomic mass is 10.1. The van der Waals surface area contributed by atoms with Crippen molar-refractivity contribution in [2.45, 2.75) is 0 Å². The molecule has 0 unspecified atom stereocenters. The SMILES string of the molecule is COc1ccc2c(c1)=CC(=c1[nH]/c(=C/c3ccc(/C=C/C(=O)O)cc3)c(=O)o1)N=2. The number of carboxylic acid groups (broad SMARTS) is 1. The molecule has 2 aromatic carbocycles. The summed E-state index contributed by atoms with van der Waals surface area (Å²) in [6.45, 7) is 0. The molecule has 2 N–H and O–H groups in total. The number of rotatable bonds is 4. The van der Waals surface area contributed by atoms with E-state index in [1.165, 1.54) is 6.08 Å². The molecule has 2 heterocycles. The van der Waals surface area contributed by atoms with Crippen LogP contribution in [0.1, 0.15) is 11.1 Å². The van der Waals surface area contributed by atoms with E-state index in [4.69, 9.17) is 14.3 Å². The molecule has 7 heteroatoms. The van der Waals surface area contributed by atoms with Gasteiger partial charge < -0.3 is 19.2 Å². The number of fused-ring (bicyclic) bond motifs is 1. The normalized spacial score (nSPS) is 15.1. The van der Waals surface area contributed by atoms with E-state index < -0.39 is 11.6 Å². The van der Waals surface area contributed by atoms with Gasteiger partial charge in [-0.05, 0) is 47.6 Å². The van der Waals surface area contributed by atoms with Crippen LogP contribution in [-0.2, 0) is 4.79 Å². The summed E-state index contributed by atoms with van der Waals surface area (Å²) in [5.74, 6) is -0.288. The van der Waals surface area contributed by atoms with E-state index in [2.05, 4.69) is 9.98 Å². The highest BCUT2D eigenvalue weighted by Gasteiger charge is 2.07. The van der Waals surface area contributed by atoms with Crippen LogP contribution in [0.5, 0.6) is 5.75 Å². The number of nitrogens with zero attached hydrogens (tertiary/aromatic N) is 1. The molecule has 3 aromatic rings. The minimum atomic E-state index is -1.01. The first-order valence-corrected chi connectivity index (χ1v) is 8.72. The molecular weight excluding hydrogens is 372 g/mol. The summed E-state index contributed by atoms with van der Waals surface area (Å²) in [5, 5.41) is 10.6. The Morgan fingerprint density at radius 1 is 1.17 bits per heavy atom. The second-order valence-electron chi connectivity index (χ2n) is 6.31. The Morgan fingerprint density at radius 3 is 2.66 bits per heavy atom. The Labute approximate surface area is 163 Å². The monoisotopic (exact) mass is 388 g/mol. The minimum absolute atomic E-state index is 0.275. The molecule has 0 amide bonds. The quantitative estimate of drug-likeness (QED) is 0.618. The number of hydrogen-bond acceptors (Lipinski definition) is 5. The molecule has 1 aromatic heterocycles. The molecule has 0 saturated carbocycles. The van der Waals surface area contributed by atoms with Gasteiger partial charge in [-0.3, -0.25) is 0 Å². The number of aromatic nitrogens is 1. The average Bonchev–Trinajstić information content (AvgIpc) is 3.30. The van der Waals surface area contributed by atoms with Gasteiger partial charge >= 0.3 is 11.6 Å². The Bertz CT molecular complexity index is 1420. The zero-order valence-corrected chi connectivity index (χ0v) is 15.4. The second-order valence-corrected chi connectivity index (χ2v) is 6.31. The van der Waals surface area contributed by atoms with E-state index >= 15 is 0 Å². The number of H-pyrrole nitrogens is 1. The lowest BCUT2D eigenvalue weighted by Gasteiger charge is -1.95. The number of methoxy groups -OCH3 is 1. The molecular formula is C22H16N2O5. The summed E-state index contributed by atoms with van der Waals surface area (Å²) in [5.41, 5.74) is 1.81. The Hall–Kier alpha value is -4.13. The van der Waals surface area contributed by atoms with Crippen LogP contribution >= 0.6 is 0 Å². The topological polar surface area (TPSA) is 105 Å². The third-order valence-corrected chi connectivity index (χ3v) is 4.33. The molecule has 0 saturated heterocycles. The van der Waals surface area contributed by atoms with Gasteiger partial charge in [0, 0.05) is 11.3 Å². The highest BCUT2D eigenvalue weighted by Crippen LogP contribution is 2.07. The van der Waals surface area contributed by atoms with Crippen LogP contribution in [0.3, 0.4) is 0 Å². The van der Waals surface area contributed by atoms with Crippen LogP contribution in [0.15, 0.2) is 62.7 Å². The van der Waals surface area contributed by atoms with Crippen molar-refractivity contribution in [3.05, 3.63) is 91.6 Å². The van der Waals surface area contributed by atoms with E-state index in [9.17, 15) is 9.59 Å². The first-order chi connectivity index (χ1) is 14.0. The molecule has 1 aliphatic heterocycles. The number of carbonyl (C=O) groups is 1. The second kappa shape index (κ2) is 7.47. The molecule has 4 rings (SSSR count). The number of nitrogens with one attached hydrogen (secondary N) is 1. The molecule has 0 radical (unpaired) electrons. The molecule has 0 bridgehead atoms. The summed E-state index contributed by atoms with van der Waals surface area (Å²) >= 11 is 0. The van der Waals surface area contributed by atoms with Crippen LogP contribution in [-0.4, -0.2) is 23.2 Å². The van der Waals surface area contributed by atoms with Crippen LogP contribution in [0, 0.1) is 0 Å². The summed E-state index contributed by atoms with van der Waals surface area (Å²) in [4.78, 5) is 30.2. The predicted octanol–water partition coefficient (Wildman–Crippen LogP) is 0.125. The van der Waals surface area contributed by atoms with E-state index in [0.717, 1.165) is 33.5 Å². The fourth-order valence-electron chi connectivity index (χ4n) is 2.90. The van der Waals surface area contributed by atoms with Crippen molar-refractivity contribution in [1.29, 1.82) is 0 Å². The highest BCUT2D eigenvalue weighted by atomic mass is 16.5. The van der Waals surface area contributed by atoms with Gasteiger partial charge in [-0.1, -0.05) is 24.3 Å². The van der Waals surface area contributed by atoms with Gasteiger partial charge in [0.1, 0.15) is 16.8 Å². The third kappa shape index (κ3) is 3.93. The summed E-state index contributed by atoms with van der Waals surface area (Å²) in [6, 6.07) is 12.6. The van der Waals surface area contributed by atoms with Crippen LogP contribution in [0.4, 0.5) is 0 Å². The van der Waals surface area contributed by atoms with E-state index in [1.54, 1.807) is 37.5 Å². The number of aromatic amines is 1. The van der Waals surface area contributed by atoms with E-state index in [0.29, 0.717) is 11.0 Å². The van der Waals surface area contributed by atoms with Gasteiger partial charge in [0.2, 0.25) is 5.55 Å². The number of hydrogen-bond donors (Lipinski definition) is 2. The van der Waals surface area contributed by atoms with E-state index in [1.807, 2.05) is 24.3 Å². The van der Waals surface area contributed by atoms with Crippen LogP contribution in [0.2, 0.25) is 0 Å². The number of ether oxygens (including phenoxy) is 1. The maximum Gasteiger partial charge on any atom is 0.361 e.